The number of nitrogens with one attached hydrogen (secondary N) is 1. The first-order valence-corrected chi connectivity index (χ1v) is 6.35. The predicted octanol–water partition coefficient (Wildman–Crippen LogP) is 4.19. The van der Waals surface area contributed by atoms with Crippen molar-refractivity contribution in [2.24, 2.45) is 5.92 Å². The van der Waals surface area contributed by atoms with Crippen LogP contribution in [0.5, 0.6) is 0 Å². The van der Waals surface area contributed by atoms with Crippen molar-refractivity contribution in [3.63, 3.8) is 0 Å². The third kappa shape index (κ3) is 3.25. The van der Waals surface area contributed by atoms with Crippen LogP contribution in [0.1, 0.15) is 44.7 Å². The van der Waals surface area contributed by atoms with Gasteiger partial charge in [-0.05, 0) is 25.5 Å². The molecule has 4 heteroatoms. The summed E-state index contributed by atoms with van der Waals surface area (Å²) in [6, 6.07) is 2.01. The minimum absolute atomic E-state index is 0.198. The highest BCUT2D eigenvalue weighted by Gasteiger charge is 2.21. The van der Waals surface area contributed by atoms with Gasteiger partial charge in [0.25, 0.3) is 0 Å². The number of benzene rings is 1. The van der Waals surface area contributed by atoms with Crippen molar-refractivity contribution in [3.05, 3.63) is 35.1 Å². The van der Waals surface area contributed by atoms with Crippen molar-refractivity contribution in [2.45, 2.75) is 39.2 Å². The highest BCUT2D eigenvalue weighted by Crippen LogP contribution is 2.28. The average Bonchev–Trinajstić information content (AvgIpc) is 2.39. The molecule has 0 aromatic heterocycles. The van der Waals surface area contributed by atoms with Gasteiger partial charge in [0.1, 0.15) is 0 Å². The molecule has 0 fully saturated rings. The lowest BCUT2D eigenvalue weighted by molar-refractivity contribution is 0.368. The third-order valence-electron chi connectivity index (χ3n) is 3.51. The Hall–Kier alpha value is -1.03. The van der Waals surface area contributed by atoms with Crippen molar-refractivity contribution >= 4 is 0 Å². The van der Waals surface area contributed by atoms with Gasteiger partial charge in [-0.25, -0.2) is 13.2 Å². The Morgan fingerprint density at radius 3 is 2.17 bits per heavy atom. The monoisotopic (exact) mass is 259 g/mol. The van der Waals surface area contributed by atoms with E-state index in [2.05, 4.69) is 19.2 Å². The van der Waals surface area contributed by atoms with Crippen LogP contribution in [-0.2, 0) is 0 Å². The second-order valence-electron chi connectivity index (χ2n) is 4.52. The van der Waals surface area contributed by atoms with E-state index >= 15 is 0 Å². The molecule has 0 radical (unpaired) electrons. The highest BCUT2D eigenvalue weighted by atomic mass is 19.2. The molecule has 0 heterocycles. The van der Waals surface area contributed by atoms with Crippen LogP contribution in [0.4, 0.5) is 13.2 Å². The summed E-state index contributed by atoms with van der Waals surface area (Å²) in [6.07, 6.45) is 2.69. The third-order valence-corrected chi connectivity index (χ3v) is 3.51. The molecule has 1 aromatic rings. The van der Waals surface area contributed by atoms with Gasteiger partial charge in [0.05, 0.1) is 0 Å². The molecule has 1 nitrogen and oxygen atoms in total. The molecule has 0 spiro atoms. The van der Waals surface area contributed by atoms with Crippen LogP contribution in [-0.4, -0.2) is 7.05 Å². The van der Waals surface area contributed by atoms with Crippen molar-refractivity contribution in [1.82, 2.24) is 5.32 Å². The normalized spacial score (nSPS) is 13.1. The van der Waals surface area contributed by atoms with Crippen LogP contribution in [0.2, 0.25) is 0 Å². The lowest BCUT2D eigenvalue weighted by Crippen LogP contribution is -2.21. The summed E-state index contributed by atoms with van der Waals surface area (Å²) in [5, 5.41) is 2.98. The summed E-state index contributed by atoms with van der Waals surface area (Å²) in [6.45, 7) is 4.14. The Morgan fingerprint density at radius 2 is 1.67 bits per heavy atom. The first kappa shape index (κ1) is 15.0. The summed E-state index contributed by atoms with van der Waals surface area (Å²) >= 11 is 0. The average molecular weight is 259 g/mol. The Kier molecular flexibility index (Phi) is 5.66. The second-order valence-corrected chi connectivity index (χ2v) is 4.52. The van der Waals surface area contributed by atoms with Crippen molar-refractivity contribution < 1.29 is 13.2 Å². The molecule has 0 saturated heterocycles. The molecule has 1 aromatic carbocycles. The molecule has 0 aliphatic heterocycles. The van der Waals surface area contributed by atoms with Crippen molar-refractivity contribution in [3.8, 4) is 0 Å². The molecule has 1 unspecified atom stereocenters. The molecule has 0 saturated carbocycles. The smallest absolute Gasteiger partial charge is 0.194 e. The van der Waals surface area contributed by atoms with Gasteiger partial charge in [0.15, 0.2) is 17.5 Å². The van der Waals surface area contributed by atoms with E-state index in [4.69, 9.17) is 0 Å². The summed E-state index contributed by atoms with van der Waals surface area (Å²) in [7, 11) is 1.70. The fourth-order valence-corrected chi connectivity index (χ4v) is 2.17. The van der Waals surface area contributed by atoms with Gasteiger partial charge in [0.2, 0.25) is 0 Å². The Balaban J connectivity index is 2.98. The molecule has 1 N–H and O–H groups in total. The zero-order valence-corrected chi connectivity index (χ0v) is 11.1. The maximum absolute atomic E-state index is 13.7. The summed E-state index contributed by atoms with van der Waals surface area (Å²) in [4.78, 5) is 0. The number of rotatable bonds is 6. The quantitative estimate of drug-likeness (QED) is 0.755. The number of halogens is 3. The van der Waals surface area contributed by atoms with Gasteiger partial charge in [-0.2, -0.15) is 0 Å². The first-order chi connectivity index (χ1) is 8.54. The molecular formula is C14H20F3N. The minimum Gasteiger partial charge on any atom is -0.313 e. The van der Waals surface area contributed by atoms with Crippen LogP contribution < -0.4 is 5.32 Å². The van der Waals surface area contributed by atoms with E-state index < -0.39 is 17.5 Å². The molecule has 102 valence electrons. The largest absolute Gasteiger partial charge is 0.313 e. The van der Waals surface area contributed by atoms with Gasteiger partial charge < -0.3 is 5.32 Å². The number of hydrogen-bond acceptors (Lipinski definition) is 1. The fraction of sp³-hybridized carbons (Fsp3) is 0.571. The zero-order valence-electron chi connectivity index (χ0n) is 11.1. The van der Waals surface area contributed by atoms with Gasteiger partial charge in [0, 0.05) is 11.6 Å². The minimum atomic E-state index is -1.39. The van der Waals surface area contributed by atoms with E-state index in [1.807, 2.05) is 0 Å². The fourth-order valence-electron chi connectivity index (χ4n) is 2.17. The van der Waals surface area contributed by atoms with E-state index in [0.717, 1.165) is 18.9 Å². The van der Waals surface area contributed by atoms with E-state index in [1.54, 1.807) is 7.05 Å². The van der Waals surface area contributed by atoms with Crippen LogP contribution in [0, 0.1) is 23.4 Å². The van der Waals surface area contributed by atoms with Gasteiger partial charge in [-0.1, -0.05) is 32.8 Å². The standard InChI is InChI=1S/C14H20F3N/c1-4-9(5-2)8-12(18-3)10-6-7-11(15)14(17)13(10)16/h6-7,9,12,18H,4-5,8H2,1-3H3. The molecule has 0 bridgehead atoms. The Morgan fingerprint density at radius 1 is 1.06 bits per heavy atom. The van der Waals surface area contributed by atoms with E-state index in [1.165, 1.54) is 6.07 Å². The highest BCUT2D eigenvalue weighted by molar-refractivity contribution is 5.23. The molecule has 0 aliphatic rings. The van der Waals surface area contributed by atoms with Gasteiger partial charge in [-0.15, -0.1) is 0 Å². The molecule has 0 aliphatic carbocycles. The molecule has 0 amide bonds. The molecule has 1 rings (SSSR count). The summed E-state index contributed by atoms with van der Waals surface area (Å²) in [5.74, 6) is -3.18. The predicted molar refractivity (Wildman–Crippen MR) is 66.8 cm³/mol. The topological polar surface area (TPSA) is 12.0 Å². The number of hydrogen-bond donors (Lipinski definition) is 1. The van der Waals surface area contributed by atoms with Crippen LogP contribution in [0.3, 0.4) is 0 Å². The van der Waals surface area contributed by atoms with Crippen LogP contribution in [0.25, 0.3) is 0 Å². The van der Waals surface area contributed by atoms with Crippen molar-refractivity contribution in [2.75, 3.05) is 7.05 Å². The lowest BCUT2D eigenvalue weighted by atomic mass is 9.91. The molecular weight excluding hydrogens is 239 g/mol. The van der Waals surface area contributed by atoms with Gasteiger partial charge in [-0.3, -0.25) is 0 Å². The van der Waals surface area contributed by atoms with Crippen LogP contribution in [0.15, 0.2) is 12.1 Å². The summed E-state index contributed by atoms with van der Waals surface area (Å²) in [5.41, 5.74) is 0.198. The maximum atomic E-state index is 13.7. The van der Waals surface area contributed by atoms with Gasteiger partial charge >= 0.3 is 0 Å². The Labute approximate surface area is 106 Å². The molecule has 18 heavy (non-hydrogen) atoms. The summed E-state index contributed by atoms with van der Waals surface area (Å²) < 4.78 is 39.8. The van der Waals surface area contributed by atoms with Crippen molar-refractivity contribution in [1.29, 1.82) is 0 Å². The van der Waals surface area contributed by atoms with Crippen LogP contribution >= 0.6 is 0 Å². The SMILES string of the molecule is CCC(CC)CC(NC)c1ccc(F)c(F)c1F. The van der Waals surface area contributed by atoms with E-state index in [-0.39, 0.29) is 11.6 Å². The first-order valence-electron chi connectivity index (χ1n) is 6.35. The molecule has 1 atom stereocenters. The zero-order chi connectivity index (χ0) is 13.7. The Bertz CT molecular complexity index is 389. The lowest BCUT2D eigenvalue weighted by Gasteiger charge is -2.22. The second kappa shape index (κ2) is 6.78. The van der Waals surface area contributed by atoms with E-state index in [9.17, 15) is 13.2 Å². The maximum Gasteiger partial charge on any atom is 0.194 e. The van der Waals surface area contributed by atoms with E-state index in [0.29, 0.717) is 12.3 Å².